The van der Waals surface area contributed by atoms with Crippen molar-refractivity contribution in [1.82, 2.24) is 0 Å². The summed E-state index contributed by atoms with van der Waals surface area (Å²) in [4.78, 5) is 29.3. The predicted octanol–water partition coefficient (Wildman–Crippen LogP) is 2.52. The van der Waals surface area contributed by atoms with Crippen LogP contribution in [0.25, 0.3) is 0 Å². The van der Waals surface area contributed by atoms with Crippen LogP contribution in [0.2, 0.25) is 0 Å². The molecule has 29 heavy (non-hydrogen) atoms. The zero-order valence-corrected chi connectivity index (χ0v) is 16.5. The molecule has 2 aliphatic rings. The summed E-state index contributed by atoms with van der Waals surface area (Å²) in [7, 11) is 1.60. The van der Waals surface area contributed by atoms with Crippen LogP contribution in [0.5, 0.6) is 5.75 Å². The van der Waals surface area contributed by atoms with Crippen LogP contribution in [0, 0.1) is 5.92 Å². The number of anilines is 3. The third-order valence-electron chi connectivity index (χ3n) is 5.39. The molecule has 2 aromatic rings. The minimum absolute atomic E-state index is 0.0446. The van der Waals surface area contributed by atoms with Crippen molar-refractivity contribution in [3.05, 3.63) is 48.5 Å². The van der Waals surface area contributed by atoms with Gasteiger partial charge in [0.05, 0.1) is 37.6 Å². The van der Waals surface area contributed by atoms with Crippen LogP contribution in [-0.4, -0.2) is 51.8 Å². The fourth-order valence-electron chi connectivity index (χ4n) is 3.79. The molecule has 2 amide bonds. The maximum absolute atomic E-state index is 12.9. The second-order valence-electron chi connectivity index (χ2n) is 7.21. The maximum Gasteiger partial charge on any atom is 0.229 e. The molecule has 7 heteroatoms. The zero-order valence-electron chi connectivity index (χ0n) is 16.5. The lowest BCUT2D eigenvalue weighted by molar-refractivity contribution is -0.122. The van der Waals surface area contributed by atoms with Crippen LogP contribution in [0.15, 0.2) is 48.5 Å². The van der Waals surface area contributed by atoms with Crippen LogP contribution >= 0.6 is 0 Å². The molecule has 152 valence electrons. The molecule has 0 bridgehead atoms. The van der Waals surface area contributed by atoms with Gasteiger partial charge < -0.3 is 24.6 Å². The molecule has 7 nitrogen and oxygen atoms in total. The Morgan fingerprint density at radius 3 is 2.55 bits per heavy atom. The van der Waals surface area contributed by atoms with Gasteiger partial charge in [-0.05, 0) is 36.4 Å². The summed E-state index contributed by atoms with van der Waals surface area (Å²) in [5.74, 6) is 0.170. The smallest absolute Gasteiger partial charge is 0.229 e. The average molecular weight is 395 g/mol. The van der Waals surface area contributed by atoms with Crippen LogP contribution < -0.4 is 19.9 Å². The molecule has 1 unspecified atom stereocenters. The quantitative estimate of drug-likeness (QED) is 0.842. The van der Waals surface area contributed by atoms with Crippen molar-refractivity contribution in [3.8, 4) is 5.75 Å². The standard InChI is InChI=1S/C22H25N3O4/c1-28-18-8-6-17(7-9-18)25-15-16(14-21(25)26)22(27)23-19-4-2-3-5-20(19)24-10-12-29-13-11-24/h2-9,16H,10-15H2,1H3,(H,23,27). The first-order valence-electron chi connectivity index (χ1n) is 9.82. The number of para-hydroxylation sites is 2. The number of carbonyl (C=O) groups is 2. The topological polar surface area (TPSA) is 71.1 Å². The average Bonchev–Trinajstić information content (AvgIpc) is 3.16. The SMILES string of the molecule is COc1ccc(N2CC(C(=O)Nc3ccccc3N3CCOCC3)CC2=O)cc1. The van der Waals surface area contributed by atoms with E-state index in [0.717, 1.165) is 35.9 Å². The number of hydrogen-bond donors (Lipinski definition) is 1. The number of amides is 2. The van der Waals surface area contributed by atoms with E-state index < -0.39 is 0 Å². The Morgan fingerprint density at radius 1 is 1.10 bits per heavy atom. The largest absolute Gasteiger partial charge is 0.497 e. The summed E-state index contributed by atoms with van der Waals surface area (Å²) < 4.78 is 10.6. The van der Waals surface area contributed by atoms with Gasteiger partial charge in [0.1, 0.15) is 5.75 Å². The van der Waals surface area contributed by atoms with Crippen molar-refractivity contribution in [2.24, 2.45) is 5.92 Å². The molecular weight excluding hydrogens is 370 g/mol. The highest BCUT2D eigenvalue weighted by atomic mass is 16.5. The Kier molecular flexibility index (Phi) is 5.67. The van der Waals surface area contributed by atoms with Crippen molar-refractivity contribution in [1.29, 1.82) is 0 Å². The number of methoxy groups -OCH3 is 1. The van der Waals surface area contributed by atoms with Gasteiger partial charge in [-0.1, -0.05) is 12.1 Å². The molecule has 4 rings (SSSR count). The number of nitrogens with one attached hydrogen (secondary N) is 1. The van der Waals surface area contributed by atoms with Crippen LogP contribution in [-0.2, 0) is 14.3 Å². The zero-order chi connectivity index (χ0) is 20.2. The summed E-state index contributed by atoms with van der Waals surface area (Å²) in [6.07, 6.45) is 0.206. The van der Waals surface area contributed by atoms with Gasteiger partial charge in [0.2, 0.25) is 11.8 Å². The molecular formula is C22H25N3O4. The molecule has 1 N–H and O–H groups in total. The molecule has 2 aromatic carbocycles. The summed E-state index contributed by atoms with van der Waals surface area (Å²) in [6, 6.07) is 15.1. The number of nitrogens with zero attached hydrogens (tertiary/aromatic N) is 2. The number of morpholine rings is 1. The lowest BCUT2D eigenvalue weighted by Gasteiger charge is -2.30. The molecule has 2 heterocycles. The highest BCUT2D eigenvalue weighted by molar-refractivity contribution is 6.04. The number of ether oxygens (including phenoxy) is 2. The van der Waals surface area contributed by atoms with E-state index in [1.165, 1.54) is 0 Å². The number of rotatable bonds is 5. The van der Waals surface area contributed by atoms with Crippen LogP contribution in [0.1, 0.15) is 6.42 Å². The molecule has 2 fully saturated rings. The first-order valence-corrected chi connectivity index (χ1v) is 9.82. The monoisotopic (exact) mass is 395 g/mol. The van der Waals surface area contributed by atoms with Crippen molar-refractivity contribution in [3.63, 3.8) is 0 Å². The molecule has 2 saturated heterocycles. The van der Waals surface area contributed by atoms with Gasteiger partial charge in [-0.2, -0.15) is 0 Å². The van der Waals surface area contributed by atoms with E-state index >= 15 is 0 Å². The lowest BCUT2D eigenvalue weighted by Crippen LogP contribution is -2.37. The molecule has 0 spiro atoms. The van der Waals surface area contributed by atoms with Crippen LogP contribution in [0.3, 0.4) is 0 Å². The molecule has 1 atom stereocenters. The van der Waals surface area contributed by atoms with E-state index in [2.05, 4.69) is 10.2 Å². The third kappa shape index (κ3) is 4.19. The normalized spacial score (nSPS) is 19.3. The second kappa shape index (κ2) is 8.53. The number of carbonyl (C=O) groups excluding carboxylic acids is 2. The van der Waals surface area contributed by atoms with Gasteiger partial charge in [-0.15, -0.1) is 0 Å². The van der Waals surface area contributed by atoms with Gasteiger partial charge in [-0.3, -0.25) is 9.59 Å². The molecule has 0 aliphatic carbocycles. The third-order valence-corrected chi connectivity index (χ3v) is 5.39. The van der Waals surface area contributed by atoms with Crippen molar-refractivity contribution in [2.75, 3.05) is 55.1 Å². The van der Waals surface area contributed by atoms with E-state index in [1.807, 2.05) is 48.5 Å². The Balaban J connectivity index is 1.45. The van der Waals surface area contributed by atoms with E-state index in [-0.39, 0.29) is 24.2 Å². The van der Waals surface area contributed by atoms with E-state index in [9.17, 15) is 9.59 Å². The summed E-state index contributed by atoms with van der Waals surface area (Å²) in [5.41, 5.74) is 2.54. The van der Waals surface area contributed by atoms with Crippen molar-refractivity contribution >= 4 is 28.9 Å². The van der Waals surface area contributed by atoms with Crippen molar-refractivity contribution < 1.29 is 19.1 Å². The highest BCUT2D eigenvalue weighted by Crippen LogP contribution is 2.30. The second-order valence-corrected chi connectivity index (χ2v) is 7.21. The van der Waals surface area contributed by atoms with E-state index in [0.29, 0.717) is 19.8 Å². The minimum atomic E-state index is -0.387. The molecule has 0 aromatic heterocycles. The molecule has 2 aliphatic heterocycles. The van der Waals surface area contributed by atoms with Crippen molar-refractivity contribution in [2.45, 2.75) is 6.42 Å². The molecule has 0 saturated carbocycles. The first-order chi connectivity index (χ1) is 14.2. The van der Waals surface area contributed by atoms with E-state index in [1.54, 1.807) is 12.0 Å². The Hall–Kier alpha value is -3.06. The Morgan fingerprint density at radius 2 is 1.83 bits per heavy atom. The summed E-state index contributed by atoms with van der Waals surface area (Å²) in [6.45, 7) is 3.31. The Bertz CT molecular complexity index is 878. The number of benzene rings is 2. The van der Waals surface area contributed by atoms with Gasteiger partial charge >= 0.3 is 0 Å². The molecule has 0 radical (unpaired) electrons. The maximum atomic E-state index is 12.9. The van der Waals surface area contributed by atoms with Crippen LogP contribution in [0.4, 0.5) is 17.1 Å². The minimum Gasteiger partial charge on any atom is -0.497 e. The van der Waals surface area contributed by atoms with Gasteiger partial charge in [0.25, 0.3) is 0 Å². The predicted molar refractivity (Wildman–Crippen MR) is 112 cm³/mol. The lowest BCUT2D eigenvalue weighted by atomic mass is 10.1. The first kappa shape index (κ1) is 19.3. The van der Waals surface area contributed by atoms with Gasteiger partial charge in [-0.25, -0.2) is 0 Å². The Labute approximate surface area is 170 Å². The highest BCUT2D eigenvalue weighted by Gasteiger charge is 2.35. The summed E-state index contributed by atoms with van der Waals surface area (Å²) in [5, 5.41) is 3.04. The number of hydrogen-bond acceptors (Lipinski definition) is 5. The fraction of sp³-hybridized carbons (Fsp3) is 0.364. The van der Waals surface area contributed by atoms with E-state index in [4.69, 9.17) is 9.47 Å². The summed E-state index contributed by atoms with van der Waals surface area (Å²) >= 11 is 0. The van der Waals surface area contributed by atoms with Gasteiger partial charge in [0.15, 0.2) is 0 Å². The fourth-order valence-corrected chi connectivity index (χ4v) is 3.79. The van der Waals surface area contributed by atoms with Gasteiger partial charge in [0, 0.05) is 31.7 Å².